The van der Waals surface area contributed by atoms with Crippen molar-refractivity contribution in [3.63, 3.8) is 0 Å². The van der Waals surface area contributed by atoms with E-state index in [1.807, 2.05) is 61.5 Å². The minimum atomic E-state index is -0.440. The summed E-state index contributed by atoms with van der Waals surface area (Å²) in [7, 11) is 0. The number of hydrogen-bond acceptors (Lipinski definition) is 6. The van der Waals surface area contributed by atoms with Gasteiger partial charge >= 0.3 is 5.97 Å². The number of nitrogens with one attached hydrogen (secondary N) is 2. The monoisotopic (exact) mass is 409 g/mol. The van der Waals surface area contributed by atoms with E-state index >= 15 is 0 Å². The van der Waals surface area contributed by atoms with Gasteiger partial charge in [0.05, 0.1) is 24.5 Å². The van der Waals surface area contributed by atoms with Crippen LogP contribution < -0.4 is 10.6 Å². The molecular formula is C22H23N3O3S. The number of esters is 1. The molecule has 0 aliphatic carbocycles. The Morgan fingerprint density at radius 2 is 1.90 bits per heavy atom. The maximum Gasteiger partial charge on any atom is 0.350 e. The first kappa shape index (κ1) is 20.7. The van der Waals surface area contributed by atoms with Crippen molar-refractivity contribution in [1.82, 2.24) is 10.3 Å². The van der Waals surface area contributed by atoms with E-state index in [2.05, 4.69) is 15.6 Å². The Balaban J connectivity index is 1.72. The number of benzene rings is 1. The standard InChI is InChI=1S/C22H23N3O3S/c1-3-28-22(27)21-18(13-19(29-21)16-9-5-4-6-10-16)25-20(26)14-24-15(2)17-11-7-8-12-23-17/h4-13,15,24H,3,14H2,1-2H3,(H,25,26). The molecule has 3 aromatic rings. The lowest BCUT2D eigenvalue weighted by Crippen LogP contribution is -2.30. The minimum Gasteiger partial charge on any atom is -0.462 e. The van der Waals surface area contributed by atoms with E-state index in [4.69, 9.17) is 4.74 Å². The molecule has 29 heavy (non-hydrogen) atoms. The molecule has 0 aliphatic heterocycles. The third kappa shape index (κ3) is 5.49. The highest BCUT2D eigenvalue weighted by atomic mass is 32.1. The van der Waals surface area contributed by atoms with Crippen molar-refractivity contribution >= 4 is 28.9 Å². The third-order valence-electron chi connectivity index (χ3n) is 4.23. The zero-order chi connectivity index (χ0) is 20.6. The van der Waals surface area contributed by atoms with Crippen LogP contribution in [0.5, 0.6) is 0 Å². The van der Waals surface area contributed by atoms with Crippen LogP contribution in [0.1, 0.15) is 35.3 Å². The summed E-state index contributed by atoms with van der Waals surface area (Å²) in [4.78, 5) is 30.4. The Morgan fingerprint density at radius 1 is 1.14 bits per heavy atom. The number of anilines is 1. The fraction of sp³-hybridized carbons (Fsp3) is 0.227. The van der Waals surface area contributed by atoms with Crippen LogP contribution in [0.4, 0.5) is 5.69 Å². The fourth-order valence-electron chi connectivity index (χ4n) is 2.75. The van der Waals surface area contributed by atoms with Crippen LogP contribution in [0, 0.1) is 0 Å². The van der Waals surface area contributed by atoms with Crippen molar-refractivity contribution in [2.75, 3.05) is 18.5 Å². The van der Waals surface area contributed by atoms with Crippen LogP contribution in [0.25, 0.3) is 10.4 Å². The van der Waals surface area contributed by atoms with Gasteiger partial charge in [-0.2, -0.15) is 0 Å². The van der Waals surface area contributed by atoms with E-state index in [1.165, 1.54) is 11.3 Å². The molecule has 0 saturated heterocycles. The van der Waals surface area contributed by atoms with Gasteiger partial charge in [0.1, 0.15) is 4.88 Å². The topological polar surface area (TPSA) is 80.3 Å². The molecule has 1 aromatic carbocycles. The average Bonchev–Trinajstić information content (AvgIpc) is 3.17. The van der Waals surface area contributed by atoms with Crippen molar-refractivity contribution in [2.45, 2.75) is 19.9 Å². The second-order valence-corrected chi connectivity index (χ2v) is 7.40. The number of amides is 1. The highest BCUT2D eigenvalue weighted by molar-refractivity contribution is 7.18. The van der Waals surface area contributed by atoms with E-state index < -0.39 is 5.97 Å². The molecular weight excluding hydrogens is 386 g/mol. The quantitative estimate of drug-likeness (QED) is 0.543. The summed E-state index contributed by atoms with van der Waals surface area (Å²) < 4.78 is 5.15. The van der Waals surface area contributed by atoms with Gasteiger partial charge in [0, 0.05) is 17.1 Å². The Morgan fingerprint density at radius 3 is 2.59 bits per heavy atom. The van der Waals surface area contributed by atoms with Crippen LogP contribution in [0.3, 0.4) is 0 Å². The van der Waals surface area contributed by atoms with E-state index in [0.29, 0.717) is 10.6 Å². The number of ether oxygens (including phenoxy) is 1. The van der Waals surface area contributed by atoms with E-state index in [-0.39, 0.29) is 25.1 Å². The highest BCUT2D eigenvalue weighted by Crippen LogP contribution is 2.35. The summed E-state index contributed by atoms with van der Waals surface area (Å²) in [5.41, 5.74) is 2.30. The van der Waals surface area contributed by atoms with Crippen LogP contribution in [-0.4, -0.2) is 30.0 Å². The Labute approximate surface area is 173 Å². The smallest absolute Gasteiger partial charge is 0.350 e. The van der Waals surface area contributed by atoms with Crippen LogP contribution >= 0.6 is 11.3 Å². The summed E-state index contributed by atoms with van der Waals surface area (Å²) in [5, 5.41) is 5.98. The molecule has 0 spiro atoms. The Bertz CT molecular complexity index is 958. The molecule has 150 valence electrons. The number of carbonyl (C=O) groups is 2. The Hall–Kier alpha value is -3.03. The summed E-state index contributed by atoms with van der Waals surface area (Å²) >= 11 is 1.30. The number of rotatable bonds is 8. The number of pyridine rings is 1. The van der Waals surface area contributed by atoms with Crippen molar-refractivity contribution in [3.05, 3.63) is 71.4 Å². The molecule has 3 rings (SSSR count). The first-order valence-corrected chi connectivity index (χ1v) is 10.2. The van der Waals surface area contributed by atoms with Crippen molar-refractivity contribution in [3.8, 4) is 10.4 Å². The SMILES string of the molecule is CCOC(=O)c1sc(-c2ccccc2)cc1NC(=O)CNC(C)c1ccccn1. The van der Waals surface area contributed by atoms with E-state index in [9.17, 15) is 9.59 Å². The molecule has 0 bridgehead atoms. The molecule has 1 unspecified atom stereocenters. The first-order valence-electron chi connectivity index (χ1n) is 9.39. The fourth-order valence-corrected chi connectivity index (χ4v) is 3.77. The number of thiophene rings is 1. The molecule has 0 radical (unpaired) electrons. The molecule has 2 heterocycles. The van der Waals surface area contributed by atoms with Gasteiger partial charge < -0.3 is 15.4 Å². The highest BCUT2D eigenvalue weighted by Gasteiger charge is 2.20. The molecule has 0 saturated carbocycles. The normalized spacial score (nSPS) is 11.7. The van der Waals surface area contributed by atoms with Crippen molar-refractivity contribution < 1.29 is 14.3 Å². The molecule has 0 aliphatic rings. The maximum atomic E-state index is 12.5. The van der Waals surface area contributed by atoms with Crippen LogP contribution in [0.15, 0.2) is 60.8 Å². The number of nitrogens with zero attached hydrogens (tertiary/aromatic N) is 1. The van der Waals surface area contributed by atoms with Crippen LogP contribution in [0.2, 0.25) is 0 Å². The summed E-state index contributed by atoms with van der Waals surface area (Å²) in [6.45, 7) is 4.06. The Kier molecular flexibility index (Phi) is 7.10. The number of hydrogen-bond donors (Lipinski definition) is 2. The summed E-state index contributed by atoms with van der Waals surface area (Å²) in [6.07, 6.45) is 1.72. The van der Waals surface area contributed by atoms with Gasteiger partial charge in [0.2, 0.25) is 5.91 Å². The molecule has 1 atom stereocenters. The third-order valence-corrected chi connectivity index (χ3v) is 5.39. The summed E-state index contributed by atoms with van der Waals surface area (Å²) in [5.74, 6) is -0.680. The molecule has 0 fully saturated rings. The lowest BCUT2D eigenvalue weighted by Gasteiger charge is -2.13. The van der Waals surface area contributed by atoms with Gasteiger partial charge in [-0.3, -0.25) is 9.78 Å². The first-order chi connectivity index (χ1) is 14.1. The molecule has 6 nitrogen and oxygen atoms in total. The van der Waals surface area contributed by atoms with Gasteiger partial charge in [-0.15, -0.1) is 11.3 Å². The average molecular weight is 410 g/mol. The van der Waals surface area contributed by atoms with Gasteiger partial charge in [-0.05, 0) is 37.6 Å². The van der Waals surface area contributed by atoms with Gasteiger partial charge in [0.25, 0.3) is 0 Å². The molecule has 7 heteroatoms. The number of carbonyl (C=O) groups excluding carboxylic acids is 2. The zero-order valence-corrected chi connectivity index (χ0v) is 17.2. The predicted octanol–water partition coefficient (Wildman–Crippen LogP) is 4.28. The van der Waals surface area contributed by atoms with E-state index in [0.717, 1.165) is 16.1 Å². The largest absolute Gasteiger partial charge is 0.462 e. The molecule has 2 N–H and O–H groups in total. The van der Waals surface area contributed by atoms with Gasteiger partial charge in [-0.25, -0.2) is 4.79 Å². The van der Waals surface area contributed by atoms with E-state index in [1.54, 1.807) is 13.1 Å². The van der Waals surface area contributed by atoms with Gasteiger partial charge in [0.15, 0.2) is 0 Å². The summed E-state index contributed by atoms with van der Waals surface area (Å²) in [6, 6.07) is 17.1. The maximum absolute atomic E-state index is 12.5. The number of aromatic nitrogens is 1. The minimum absolute atomic E-state index is 0.0752. The second-order valence-electron chi connectivity index (χ2n) is 6.35. The van der Waals surface area contributed by atoms with Crippen molar-refractivity contribution in [1.29, 1.82) is 0 Å². The predicted molar refractivity (Wildman–Crippen MR) is 115 cm³/mol. The lowest BCUT2D eigenvalue weighted by atomic mass is 10.2. The second kappa shape index (κ2) is 9.95. The van der Waals surface area contributed by atoms with Crippen molar-refractivity contribution in [2.24, 2.45) is 0 Å². The lowest BCUT2D eigenvalue weighted by molar-refractivity contribution is -0.115. The molecule has 1 amide bonds. The van der Waals surface area contributed by atoms with Gasteiger partial charge in [-0.1, -0.05) is 36.4 Å². The zero-order valence-electron chi connectivity index (χ0n) is 16.3. The molecule has 2 aromatic heterocycles. The van der Waals surface area contributed by atoms with Crippen LogP contribution in [-0.2, 0) is 9.53 Å².